The van der Waals surface area contributed by atoms with Crippen molar-refractivity contribution in [2.24, 2.45) is 21.7 Å². The molecule has 194 valence electrons. The molecule has 4 N–H and O–H groups in total. The summed E-state index contributed by atoms with van der Waals surface area (Å²) in [5.74, 6) is 0.842. The first-order valence-corrected chi connectivity index (χ1v) is 12.8. The van der Waals surface area contributed by atoms with Crippen LogP contribution in [0.5, 0.6) is 0 Å². The van der Waals surface area contributed by atoms with E-state index in [0.29, 0.717) is 5.17 Å². The molecule has 0 saturated heterocycles. The summed E-state index contributed by atoms with van der Waals surface area (Å²) >= 11 is 1.50. The average molecular weight is 527 g/mol. The number of rotatable bonds is 8. The maximum Gasteiger partial charge on any atom is 0.400 e. The van der Waals surface area contributed by atoms with Crippen LogP contribution in [0.25, 0.3) is 11.1 Å². The van der Waals surface area contributed by atoms with Crippen LogP contribution in [0.15, 0.2) is 89.1 Å². The van der Waals surface area contributed by atoms with Crippen LogP contribution in [0.1, 0.15) is 36.0 Å². The van der Waals surface area contributed by atoms with Gasteiger partial charge in [0.2, 0.25) is 0 Å². The van der Waals surface area contributed by atoms with Crippen molar-refractivity contribution in [2.45, 2.75) is 30.9 Å². The number of amidine groups is 1. The number of halogens is 3. The molecule has 0 radical (unpaired) electrons. The number of carbonyl (C=O) groups is 1. The predicted molar refractivity (Wildman–Crippen MR) is 146 cm³/mol. The number of hydrogen-bond donors (Lipinski definition) is 2. The molecule has 3 aromatic carbocycles. The quantitative estimate of drug-likeness (QED) is 0.125. The standard InChI is InChI=1S/C26H25N3OS.C2H4F3N/c27-25(29-28-18-20-10-2-1-3-11-20)31-17-9-8-16-26(19-30)23-14-6-4-12-21(23)22-13-5-7-15-24(22)26;3-2(4,5)1-6/h1-7,10-15,18-19H,8-9,16-17H2,(H2,27,29);1,6H2/b28-18+;. The third kappa shape index (κ3) is 7.53. The highest BCUT2D eigenvalue weighted by Gasteiger charge is 2.42. The van der Waals surface area contributed by atoms with E-state index in [1.807, 2.05) is 54.6 Å². The maximum atomic E-state index is 12.4. The van der Waals surface area contributed by atoms with Crippen molar-refractivity contribution in [3.63, 3.8) is 0 Å². The summed E-state index contributed by atoms with van der Waals surface area (Å²) in [6, 6.07) is 26.3. The first-order chi connectivity index (χ1) is 17.8. The molecular weight excluding hydrogens is 497 g/mol. The lowest BCUT2D eigenvalue weighted by atomic mass is 9.75. The minimum Gasteiger partial charge on any atom is -0.377 e. The number of unbranched alkanes of at least 4 members (excludes halogenated alkanes) is 1. The largest absolute Gasteiger partial charge is 0.400 e. The number of fused-ring (bicyclic) bond motifs is 3. The van der Waals surface area contributed by atoms with E-state index in [-0.39, 0.29) is 0 Å². The van der Waals surface area contributed by atoms with Crippen LogP contribution >= 0.6 is 11.8 Å². The molecule has 1 aliphatic rings. The third-order valence-corrected chi connectivity index (χ3v) is 6.79. The highest BCUT2D eigenvalue weighted by molar-refractivity contribution is 8.13. The summed E-state index contributed by atoms with van der Waals surface area (Å²) in [5.41, 5.74) is 15.2. The fourth-order valence-electron chi connectivity index (χ4n) is 4.22. The summed E-state index contributed by atoms with van der Waals surface area (Å²) in [6.07, 6.45) is 1.31. The highest BCUT2D eigenvalue weighted by Crippen LogP contribution is 2.50. The molecule has 0 saturated carbocycles. The first-order valence-electron chi connectivity index (χ1n) is 11.8. The number of alkyl halides is 3. The molecule has 3 aromatic rings. The van der Waals surface area contributed by atoms with Gasteiger partial charge in [-0.3, -0.25) is 0 Å². The first kappa shape index (κ1) is 28.1. The van der Waals surface area contributed by atoms with Crippen molar-refractivity contribution in [2.75, 3.05) is 12.3 Å². The SMILES string of the molecule is N/C(=N\N=C\c1ccccc1)SCCCCC1(C=O)c2ccccc2-c2ccccc21.NCC(F)(F)F. The minimum absolute atomic E-state index is 0.453. The molecule has 0 bridgehead atoms. The fourth-order valence-corrected chi connectivity index (χ4v) is 4.88. The molecular formula is C28H29F3N4OS. The molecule has 0 unspecified atom stereocenters. The van der Waals surface area contributed by atoms with E-state index in [1.165, 1.54) is 22.9 Å². The molecule has 5 nitrogen and oxygen atoms in total. The van der Waals surface area contributed by atoms with Crippen LogP contribution < -0.4 is 11.5 Å². The topological polar surface area (TPSA) is 93.8 Å². The number of nitrogens with zero attached hydrogens (tertiary/aromatic N) is 2. The predicted octanol–water partition coefficient (Wildman–Crippen LogP) is 5.91. The lowest BCUT2D eigenvalue weighted by Crippen LogP contribution is -2.27. The Morgan fingerprint density at radius 1 is 0.892 bits per heavy atom. The van der Waals surface area contributed by atoms with Crippen LogP contribution in [-0.2, 0) is 10.2 Å². The van der Waals surface area contributed by atoms with Gasteiger partial charge >= 0.3 is 6.18 Å². The van der Waals surface area contributed by atoms with Gasteiger partial charge in [-0.25, -0.2) is 0 Å². The van der Waals surface area contributed by atoms with Crippen LogP contribution in [0.4, 0.5) is 13.2 Å². The van der Waals surface area contributed by atoms with Gasteiger partial charge in [0.25, 0.3) is 0 Å². The second kappa shape index (κ2) is 13.2. The van der Waals surface area contributed by atoms with Crippen molar-refractivity contribution in [1.82, 2.24) is 0 Å². The number of carbonyl (C=O) groups excluding carboxylic acids is 1. The Hall–Kier alpha value is -3.43. The second-order valence-corrected chi connectivity index (χ2v) is 9.51. The van der Waals surface area contributed by atoms with E-state index < -0.39 is 18.1 Å². The highest BCUT2D eigenvalue weighted by atomic mass is 32.2. The molecule has 0 heterocycles. The molecule has 0 atom stereocenters. The van der Waals surface area contributed by atoms with Crippen LogP contribution in [0.3, 0.4) is 0 Å². The van der Waals surface area contributed by atoms with Gasteiger partial charge in [-0.2, -0.15) is 18.3 Å². The van der Waals surface area contributed by atoms with Crippen molar-refractivity contribution in [1.29, 1.82) is 0 Å². The molecule has 9 heteroatoms. The zero-order valence-electron chi connectivity index (χ0n) is 20.2. The Bertz CT molecular complexity index is 1180. The number of thioether (sulfide) groups is 1. The van der Waals surface area contributed by atoms with Gasteiger partial charge in [0.15, 0.2) is 5.17 Å². The van der Waals surface area contributed by atoms with Crippen molar-refractivity contribution >= 4 is 29.4 Å². The lowest BCUT2D eigenvalue weighted by Gasteiger charge is -2.25. The Kier molecular flexibility index (Phi) is 10.0. The number of nitrogens with two attached hydrogens (primary N) is 2. The van der Waals surface area contributed by atoms with Gasteiger partial charge in [-0.1, -0.05) is 97.0 Å². The molecule has 0 aromatic heterocycles. The zero-order valence-corrected chi connectivity index (χ0v) is 21.0. The average Bonchev–Trinajstić information content (AvgIpc) is 3.19. The van der Waals surface area contributed by atoms with Gasteiger partial charge in [0.05, 0.1) is 18.2 Å². The van der Waals surface area contributed by atoms with Gasteiger partial charge in [-0.05, 0) is 40.7 Å². The van der Waals surface area contributed by atoms with E-state index in [0.717, 1.165) is 48.0 Å². The molecule has 0 fully saturated rings. The molecule has 1 aliphatic carbocycles. The van der Waals surface area contributed by atoms with E-state index in [2.05, 4.69) is 40.2 Å². The van der Waals surface area contributed by atoms with Crippen molar-refractivity contribution in [3.8, 4) is 11.1 Å². The van der Waals surface area contributed by atoms with E-state index >= 15 is 0 Å². The van der Waals surface area contributed by atoms with Crippen LogP contribution in [-0.4, -0.2) is 36.1 Å². The second-order valence-electron chi connectivity index (χ2n) is 8.40. The number of hydrogen-bond acceptors (Lipinski definition) is 5. The Labute approximate surface area is 218 Å². The van der Waals surface area contributed by atoms with E-state index in [4.69, 9.17) is 5.73 Å². The molecule has 37 heavy (non-hydrogen) atoms. The maximum absolute atomic E-state index is 12.4. The summed E-state index contributed by atoms with van der Waals surface area (Å²) < 4.78 is 32.0. The summed E-state index contributed by atoms with van der Waals surface area (Å²) in [4.78, 5) is 12.4. The molecule has 0 amide bonds. The smallest absolute Gasteiger partial charge is 0.377 e. The minimum atomic E-state index is -4.18. The number of benzene rings is 3. The molecule has 0 aliphatic heterocycles. The Morgan fingerprint density at radius 3 is 1.97 bits per heavy atom. The number of aldehydes is 1. The monoisotopic (exact) mass is 526 g/mol. The summed E-state index contributed by atoms with van der Waals surface area (Å²) in [6.45, 7) is -1.23. The Balaban J connectivity index is 0.000000568. The third-order valence-electron chi connectivity index (χ3n) is 5.92. The van der Waals surface area contributed by atoms with Crippen molar-refractivity contribution in [3.05, 3.63) is 95.6 Å². The lowest BCUT2D eigenvalue weighted by molar-refractivity contribution is -0.118. The summed E-state index contributed by atoms with van der Waals surface area (Å²) in [5, 5.41) is 8.56. The van der Waals surface area contributed by atoms with Gasteiger partial charge in [0.1, 0.15) is 6.29 Å². The van der Waals surface area contributed by atoms with Gasteiger partial charge < -0.3 is 16.3 Å². The fraction of sp³-hybridized carbons (Fsp3) is 0.250. The van der Waals surface area contributed by atoms with E-state index in [9.17, 15) is 18.0 Å². The van der Waals surface area contributed by atoms with Gasteiger partial charge in [-0.15, -0.1) is 5.10 Å². The van der Waals surface area contributed by atoms with E-state index in [1.54, 1.807) is 6.21 Å². The summed E-state index contributed by atoms with van der Waals surface area (Å²) in [7, 11) is 0. The van der Waals surface area contributed by atoms with Crippen molar-refractivity contribution < 1.29 is 18.0 Å². The zero-order chi connectivity index (χ0) is 26.7. The van der Waals surface area contributed by atoms with Gasteiger partial charge in [0, 0.05) is 5.75 Å². The van der Waals surface area contributed by atoms with Crippen LogP contribution in [0, 0.1) is 0 Å². The molecule has 0 spiro atoms. The Morgan fingerprint density at radius 2 is 1.43 bits per heavy atom. The van der Waals surface area contributed by atoms with Crippen LogP contribution in [0.2, 0.25) is 0 Å². The molecule has 4 rings (SSSR count). The normalized spacial score (nSPS) is 14.0.